The minimum absolute atomic E-state index is 0.0596. The van der Waals surface area contributed by atoms with Crippen molar-refractivity contribution in [3.63, 3.8) is 0 Å². The Morgan fingerprint density at radius 3 is 3.00 bits per heavy atom. The number of hydrogen-bond acceptors (Lipinski definition) is 7. The molecule has 1 atom stereocenters. The third kappa shape index (κ3) is 3.06. The summed E-state index contributed by atoms with van der Waals surface area (Å²) in [6, 6.07) is 0.0258. The minimum Gasteiger partial charge on any atom is -0.461 e. The van der Waals surface area contributed by atoms with E-state index in [1.54, 1.807) is 18.7 Å². The van der Waals surface area contributed by atoms with E-state index in [4.69, 9.17) is 9.15 Å². The zero-order chi connectivity index (χ0) is 14.0. The van der Waals surface area contributed by atoms with Crippen LogP contribution in [-0.4, -0.2) is 50.1 Å². The standard InChI is InChI=1S/C11H16N2O5S/c1-3-17-10(14)9-6-18-11(12-9)13-4-5-19(15,16)7-8(13)2/h6,8H,3-5,7H2,1-2H3. The highest BCUT2D eigenvalue weighted by molar-refractivity contribution is 7.91. The van der Waals surface area contributed by atoms with Crippen LogP contribution in [0.1, 0.15) is 24.3 Å². The van der Waals surface area contributed by atoms with Crippen LogP contribution < -0.4 is 4.90 Å². The van der Waals surface area contributed by atoms with Gasteiger partial charge in [-0.15, -0.1) is 0 Å². The van der Waals surface area contributed by atoms with E-state index in [1.807, 2.05) is 0 Å². The Kier molecular flexibility index (Phi) is 3.79. The maximum Gasteiger partial charge on any atom is 0.360 e. The highest BCUT2D eigenvalue weighted by atomic mass is 32.2. The average Bonchev–Trinajstić information content (AvgIpc) is 2.77. The van der Waals surface area contributed by atoms with Gasteiger partial charge in [-0.3, -0.25) is 0 Å². The van der Waals surface area contributed by atoms with Crippen molar-refractivity contribution in [3.05, 3.63) is 12.0 Å². The van der Waals surface area contributed by atoms with E-state index in [-0.39, 0.29) is 35.9 Å². The molecule has 1 aromatic heterocycles. The number of anilines is 1. The smallest absolute Gasteiger partial charge is 0.360 e. The lowest BCUT2D eigenvalue weighted by Gasteiger charge is -2.31. The molecule has 1 unspecified atom stereocenters. The molecule has 7 nitrogen and oxygen atoms in total. The molecule has 0 spiro atoms. The van der Waals surface area contributed by atoms with Crippen LogP contribution >= 0.6 is 0 Å². The number of carbonyl (C=O) groups excluding carboxylic acids is 1. The first-order valence-corrected chi connectivity index (χ1v) is 7.85. The molecule has 0 bridgehead atoms. The van der Waals surface area contributed by atoms with Gasteiger partial charge in [-0.25, -0.2) is 13.2 Å². The molecule has 1 saturated heterocycles. The fourth-order valence-electron chi connectivity index (χ4n) is 1.98. The second-order valence-electron chi connectivity index (χ2n) is 4.39. The van der Waals surface area contributed by atoms with Gasteiger partial charge in [0.05, 0.1) is 18.1 Å². The van der Waals surface area contributed by atoms with Crippen LogP contribution in [0.4, 0.5) is 6.01 Å². The van der Waals surface area contributed by atoms with E-state index in [2.05, 4.69) is 4.98 Å². The molecule has 1 aliphatic heterocycles. The van der Waals surface area contributed by atoms with Gasteiger partial charge in [0, 0.05) is 12.6 Å². The van der Waals surface area contributed by atoms with Crippen molar-refractivity contribution in [2.45, 2.75) is 19.9 Å². The lowest BCUT2D eigenvalue weighted by molar-refractivity contribution is 0.0519. The van der Waals surface area contributed by atoms with Crippen LogP contribution in [0.5, 0.6) is 0 Å². The van der Waals surface area contributed by atoms with Crippen molar-refractivity contribution in [1.29, 1.82) is 0 Å². The van der Waals surface area contributed by atoms with Crippen molar-refractivity contribution in [1.82, 2.24) is 4.98 Å². The first kappa shape index (κ1) is 13.9. The average molecular weight is 288 g/mol. The maximum atomic E-state index is 11.5. The number of esters is 1. The fraction of sp³-hybridized carbons (Fsp3) is 0.636. The number of aromatic nitrogens is 1. The number of nitrogens with zero attached hydrogens (tertiary/aromatic N) is 2. The van der Waals surface area contributed by atoms with Gasteiger partial charge >= 0.3 is 5.97 Å². The number of sulfone groups is 1. The van der Waals surface area contributed by atoms with E-state index in [9.17, 15) is 13.2 Å². The van der Waals surface area contributed by atoms with Crippen LogP contribution in [-0.2, 0) is 14.6 Å². The van der Waals surface area contributed by atoms with Gasteiger partial charge in [0.15, 0.2) is 15.5 Å². The maximum absolute atomic E-state index is 11.5. The summed E-state index contributed by atoms with van der Waals surface area (Å²) >= 11 is 0. The zero-order valence-corrected chi connectivity index (χ0v) is 11.6. The van der Waals surface area contributed by atoms with Crippen molar-refractivity contribution in [3.8, 4) is 0 Å². The van der Waals surface area contributed by atoms with Crippen molar-refractivity contribution < 1.29 is 22.4 Å². The minimum atomic E-state index is -2.99. The van der Waals surface area contributed by atoms with Crippen LogP contribution in [0.25, 0.3) is 0 Å². The summed E-state index contributed by atoms with van der Waals surface area (Å²) in [7, 11) is -2.99. The molecule has 0 aromatic carbocycles. The lowest BCUT2D eigenvalue weighted by Crippen LogP contribution is -2.47. The van der Waals surface area contributed by atoms with E-state index in [0.717, 1.165) is 0 Å². The summed E-state index contributed by atoms with van der Waals surface area (Å²) in [6.45, 7) is 4.06. The molecule has 1 aromatic rings. The van der Waals surface area contributed by atoms with Crippen LogP contribution in [0, 0.1) is 0 Å². The first-order valence-electron chi connectivity index (χ1n) is 6.02. The van der Waals surface area contributed by atoms with E-state index in [1.165, 1.54) is 6.26 Å². The Morgan fingerprint density at radius 2 is 2.37 bits per heavy atom. The Hall–Kier alpha value is -1.57. The first-order chi connectivity index (χ1) is 8.93. The molecule has 8 heteroatoms. The second-order valence-corrected chi connectivity index (χ2v) is 6.62. The number of oxazole rings is 1. The Balaban J connectivity index is 2.13. The van der Waals surface area contributed by atoms with Gasteiger partial charge in [-0.2, -0.15) is 4.98 Å². The molecule has 106 valence electrons. The van der Waals surface area contributed by atoms with E-state index in [0.29, 0.717) is 6.54 Å². The third-order valence-corrected chi connectivity index (χ3v) is 4.69. The Bertz CT molecular complexity index is 565. The molecule has 19 heavy (non-hydrogen) atoms. The SMILES string of the molecule is CCOC(=O)c1coc(N2CCS(=O)(=O)CC2C)n1. The monoisotopic (exact) mass is 288 g/mol. The molecule has 2 heterocycles. The highest BCUT2D eigenvalue weighted by Crippen LogP contribution is 2.21. The molecule has 1 aliphatic rings. The molecular formula is C11H16N2O5S. The highest BCUT2D eigenvalue weighted by Gasteiger charge is 2.31. The fourth-order valence-corrected chi connectivity index (χ4v) is 3.53. The summed E-state index contributed by atoms with van der Waals surface area (Å²) in [6.07, 6.45) is 1.23. The molecule has 0 radical (unpaired) electrons. The molecule has 0 saturated carbocycles. The van der Waals surface area contributed by atoms with Crippen molar-refractivity contribution >= 4 is 21.8 Å². The lowest BCUT2D eigenvalue weighted by atomic mass is 10.3. The largest absolute Gasteiger partial charge is 0.461 e. The Morgan fingerprint density at radius 1 is 1.63 bits per heavy atom. The van der Waals surface area contributed by atoms with Crippen LogP contribution in [0.2, 0.25) is 0 Å². The molecule has 1 fully saturated rings. The van der Waals surface area contributed by atoms with Gasteiger partial charge in [-0.05, 0) is 13.8 Å². The predicted molar refractivity (Wildman–Crippen MR) is 67.9 cm³/mol. The van der Waals surface area contributed by atoms with E-state index >= 15 is 0 Å². The van der Waals surface area contributed by atoms with Gasteiger partial charge in [0.2, 0.25) is 0 Å². The summed E-state index contributed by atoms with van der Waals surface area (Å²) in [4.78, 5) is 17.2. The Labute approximate surface area is 111 Å². The van der Waals surface area contributed by atoms with Crippen LogP contribution in [0.15, 0.2) is 10.7 Å². The molecule has 2 rings (SSSR count). The molecule has 0 N–H and O–H groups in total. The normalized spacial score (nSPS) is 22.2. The van der Waals surface area contributed by atoms with Gasteiger partial charge in [-0.1, -0.05) is 0 Å². The summed E-state index contributed by atoms with van der Waals surface area (Å²) < 4.78 is 33.0. The summed E-state index contributed by atoms with van der Waals surface area (Å²) in [5.41, 5.74) is 0.0949. The third-order valence-electron chi connectivity index (χ3n) is 2.89. The van der Waals surface area contributed by atoms with Gasteiger partial charge in [0.25, 0.3) is 6.01 Å². The zero-order valence-electron chi connectivity index (χ0n) is 10.8. The van der Waals surface area contributed by atoms with Gasteiger partial charge in [0.1, 0.15) is 6.26 Å². The summed E-state index contributed by atoms with van der Waals surface area (Å²) in [5, 5.41) is 0. The summed E-state index contributed by atoms with van der Waals surface area (Å²) in [5.74, 6) is -0.423. The topological polar surface area (TPSA) is 89.7 Å². The number of ether oxygens (including phenoxy) is 1. The number of hydrogen-bond donors (Lipinski definition) is 0. The molecule has 0 amide bonds. The molecular weight excluding hydrogens is 272 g/mol. The van der Waals surface area contributed by atoms with Crippen LogP contribution in [0.3, 0.4) is 0 Å². The van der Waals surface area contributed by atoms with Crippen molar-refractivity contribution in [2.24, 2.45) is 0 Å². The van der Waals surface area contributed by atoms with E-state index < -0.39 is 15.8 Å². The van der Waals surface area contributed by atoms with Crippen molar-refractivity contribution in [2.75, 3.05) is 29.6 Å². The number of rotatable bonds is 3. The van der Waals surface area contributed by atoms with Gasteiger partial charge < -0.3 is 14.1 Å². The quantitative estimate of drug-likeness (QED) is 0.747. The predicted octanol–water partition coefficient (Wildman–Crippen LogP) is 0.475. The second kappa shape index (κ2) is 5.20. The number of carbonyl (C=O) groups is 1. The molecule has 0 aliphatic carbocycles.